The third-order valence-corrected chi connectivity index (χ3v) is 31.1. The Bertz CT molecular complexity index is 5340. The first kappa shape index (κ1) is 103. The highest BCUT2D eigenvalue weighted by atomic mass is 32.1. The lowest BCUT2D eigenvalue weighted by Gasteiger charge is -2.29. The van der Waals surface area contributed by atoms with Crippen LogP contribution < -0.4 is 0 Å². The van der Waals surface area contributed by atoms with Crippen LogP contribution in [0.1, 0.15) is 220 Å². The van der Waals surface area contributed by atoms with Gasteiger partial charge in [0.05, 0.1) is 130 Å². The van der Waals surface area contributed by atoms with Gasteiger partial charge in [0.15, 0.2) is 29.0 Å². The minimum absolute atomic E-state index is 0.00837. The van der Waals surface area contributed by atoms with Gasteiger partial charge >= 0.3 is 0 Å². The van der Waals surface area contributed by atoms with Gasteiger partial charge in [-0.1, -0.05) is 158 Å². The van der Waals surface area contributed by atoms with Crippen LogP contribution >= 0.6 is 68.2 Å². The smallest absolute Gasteiger partial charge is 0.236 e. The van der Waals surface area contributed by atoms with Crippen LogP contribution in [-0.4, -0.2) is 216 Å². The van der Waals surface area contributed by atoms with E-state index in [2.05, 4.69) is 116 Å². The van der Waals surface area contributed by atoms with Gasteiger partial charge in [0.2, 0.25) is 41.3 Å². The maximum atomic E-state index is 13.5. The van der Waals surface area contributed by atoms with Crippen molar-refractivity contribution in [1.29, 1.82) is 0 Å². The number of carbonyl (C=O) groups is 8. The van der Waals surface area contributed by atoms with E-state index < -0.39 is 66.3 Å². The van der Waals surface area contributed by atoms with Crippen LogP contribution in [0.4, 0.5) is 0 Å². The first-order valence-electron chi connectivity index (χ1n) is 46.3. The Morgan fingerprint density at radius 3 is 0.963 bits per heavy atom. The van der Waals surface area contributed by atoms with Gasteiger partial charge in [-0.05, 0) is 153 Å². The average Bonchev–Trinajstić information content (AvgIpc) is 1.66. The lowest BCUT2D eigenvalue weighted by molar-refractivity contribution is -0.140. The largest absolute Gasteiger partial charge is 0.425 e. The Morgan fingerprint density at radius 2 is 0.706 bits per heavy atom. The molecule has 4 N–H and O–H groups in total. The third kappa shape index (κ3) is 25.4. The van der Waals surface area contributed by atoms with Crippen molar-refractivity contribution in [1.82, 2.24) is 74.4 Å². The van der Waals surface area contributed by atoms with Gasteiger partial charge in [-0.25, -0.2) is 19.9 Å². The number of Topliss-reactive ketones (excluding diaryl/α,β-unsaturated/α-hetero) is 4. The van der Waals surface area contributed by atoms with Gasteiger partial charge in [-0.15, -0.1) is 77.1 Å². The average molecular weight is 1960 g/mol. The fourth-order valence-corrected chi connectivity index (χ4v) is 23.4. The number of aliphatic hydroxyl groups is 4. The molecule has 4 saturated heterocycles. The summed E-state index contributed by atoms with van der Waals surface area (Å²) in [7, 11) is 0. The molecule has 0 bridgehead atoms. The molecule has 0 spiro atoms. The minimum atomic E-state index is -0.725. The Morgan fingerprint density at radius 1 is 0.390 bits per heavy atom. The SMILES string of the molecule is Cc1cc([C@H](C(=O)N2C[C@H](O)C[C@H]2C(=O)CCc2ccc(-c3scnc3C)cc2)C(C)C)sn1.Cc1nc([C@H](C(=O)N2C[C@H](O)C[C@H]2C(=O)CCc2ccc(-c3scnc3C)cc2)C(C)C)no1.Cc1nnc([C@H](C(=O)N2C[C@H](O)C[C@H]2C(=O)CCc2ccc(-c3scnc3C)cc2)C(C)C)o1.Cc1nnc([C@H](C(=O)N2C[C@H](O)C[C@H]2C(=O)CCc2ccc(-c3scnc3C)cc2)C(C)C)s1. The zero-order valence-corrected chi connectivity index (χ0v) is 84.6. The van der Waals surface area contributed by atoms with Crippen molar-refractivity contribution < 1.29 is 67.7 Å². The molecular formula is C101H121N15O14S6. The lowest BCUT2D eigenvalue weighted by Crippen LogP contribution is -2.44. The molecule has 0 radical (unpaired) electrons. The number of rotatable bonds is 32. The summed E-state index contributed by atoms with van der Waals surface area (Å²) in [5.41, 5.74) is 21.0. The molecule has 12 heterocycles. The van der Waals surface area contributed by atoms with E-state index in [1.54, 1.807) is 69.0 Å². The van der Waals surface area contributed by atoms with Crippen LogP contribution in [0.3, 0.4) is 0 Å². The van der Waals surface area contributed by atoms with Gasteiger partial charge in [0, 0.05) is 96.3 Å². The molecule has 12 atom stereocenters. The number of hydrogen-bond acceptors (Lipinski definition) is 31. The molecule has 4 aromatic carbocycles. The molecule has 0 unspecified atom stereocenters. The van der Waals surface area contributed by atoms with Crippen molar-refractivity contribution in [2.45, 2.75) is 260 Å². The summed E-state index contributed by atoms with van der Waals surface area (Å²) < 4.78 is 15.0. The van der Waals surface area contributed by atoms with Gasteiger partial charge in [0.1, 0.15) is 21.9 Å². The van der Waals surface area contributed by atoms with Crippen LogP contribution in [0.15, 0.2) is 134 Å². The van der Waals surface area contributed by atoms with Crippen LogP contribution in [0.25, 0.3) is 41.8 Å². The molecule has 12 aromatic rings. The number of thiazole rings is 4. The van der Waals surface area contributed by atoms with Gasteiger partial charge < -0.3 is 49.0 Å². The highest BCUT2D eigenvalue weighted by Gasteiger charge is 2.48. The van der Waals surface area contributed by atoms with Crippen molar-refractivity contribution in [2.24, 2.45) is 23.7 Å². The predicted octanol–water partition coefficient (Wildman–Crippen LogP) is 16.4. The van der Waals surface area contributed by atoms with Crippen LogP contribution in [-0.2, 0) is 64.0 Å². The molecule has 0 saturated carbocycles. The number of ketones is 4. The second-order valence-electron chi connectivity index (χ2n) is 37.1. The first-order chi connectivity index (χ1) is 65.0. The summed E-state index contributed by atoms with van der Waals surface area (Å²) in [4.78, 5) is 140. The number of carbonyl (C=O) groups excluding carboxylic acids is 8. The number of likely N-dealkylation sites (tertiary alicyclic amines) is 4. The van der Waals surface area contributed by atoms with E-state index >= 15 is 0 Å². The predicted molar refractivity (Wildman–Crippen MR) is 527 cm³/mol. The van der Waals surface area contributed by atoms with Crippen molar-refractivity contribution in [2.75, 3.05) is 26.2 Å². The van der Waals surface area contributed by atoms with Crippen molar-refractivity contribution >= 4 is 115 Å². The topological polar surface area (TPSA) is 399 Å². The normalized spacial score (nSPS) is 19.1. The Kier molecular flexibility index (Phi) is 35.2. The lowest BCUT2D eigenvalue weighted by atomic mass is 9.91. The fraction of sp³-hybridized carbons (Fsp3) is 0.475. The molecule has 8 aromatic heterocycles. The zero-order chi connectivity index (χ0) is 97.6. The number of amides is 4. The summed E-state index contributed by atoms with van der Waals surface area (Å²) >= 11 is 9.21. The summed E-state index contributed by atoms with van der Waals surface area (Å²) in [6.07, 6.45) is 1.91. The number of β-amino-alcohol motifs (C(OH)–C–C–N with tert-alkyl or cyclic N) is 4. The van der Waals surface area contributed by atoms with Crippen molar-refractivity contribution in [3.05, 3.63) is 214 Å². The summed E-state index contributed by atoms with van der Waals surface area (Å²) in [5, 5.41) is 62.8. The summed E-state index contributed by atoms with van der Waals surface area (Å²) in [6.45, 7) is 31.4. The second-order valence-corrected chi connectivity index (χ2v) is 42.5. The van der Waals surface area contributed by atoms with E-state index in [0.717, 1.165) is 102 Å². The molecule has 136 heavy (non-hydrogen) atoms. The molecule has 16 rings (SSSR count). The van der Waals surface area contributed by atoms with Crippen LogP contribution in [0.5, 0.6) is 0 Å². The highest BCUT2D eigenvalue weighted by molar-refractivity contribution is 7.14. The third-order valence-electron chi connectivity index (χ3n) is 25.3. The first-order valence-corrected chi connectivity index (χ1v) is 51.4. The number of aliphatic hydroxyl groups excluding tert-OH is 4. The number of aromatic nitrogens is 11. The molecule has 4 fully saturated rings. The van der Waals surface area contributed by atoms with Gasteiger partial charge in [0.25, 0.3) is 0 Å². The molecule has 35 heteroatoms. The Balaban J connectivity index is 0.000000153. The molecular weight excluding hydrogens is 1840 g/mol. The number of hydrogen-bond donors (Lipinski definition) is 4. The number of aryl methyl sites for hydroxylation is 12. The van der Waals surface area contributed by atoms with Gasteiger partial charge in [-0.2, -0.15) is 9.36 Å². The fourth-order valence-electron chi connectivity index (χ4n) is 18.1. The van der Waals surface area contributed by atoms with E-state index in [9.17, 15) is 58.8 Å². The quantitative estimate of drug-likeness (QED) is 0.0304. The van der Waals surface area contributed by atoms with Crippen LogP contribution in [0, 0.1) is 79.1 Å². The molecule has 4 amide bonds. The van der Waals surface area contributed by atoms with E-state index in [0.29, 0.717) is 80.4 Å². The Labute approximate surface area is 817 Å². The monoisotopic (exact) mass is 1960 g/mol. The maximum absolute atomic E-state index is 13.5. The number of nitrogens with zero attached hydrogens (tertiary/aromatic N) is 15. The maximum Gasteiger partial charge on any atom is 0.236 e. The molecule has 4 aliphatic heterocycles. The van der Waals surface area contributed by atoms with E-state index in [1.165, 1.54) is 32.7 Å². The second kappa shape index (κ2) is 46.6. The number of benzene rings is 4. The summed E-state index contributed by atoms with van der Waals surface area (Å²) in [5.74, 6) is -1.66. The van der Waals surface area contributed by atoms with Crippen molar-refractivity contribution in [3.8, 4) is 41.8 Å². The standard InChI is InChI=1S/C26H31N3O3S2.2C25H30N4O4S.C25H30N4O3S2/c1-15(2)24(23-11-16(3)28-34-23)26(32)29-13-20(30)12-21(29)22(31)10-7-18-5-8-19(9-6-18)25-17(4)27-14-33-25;1-14(2)22(24-28-27-16(4)33-24)25(32)29-12-19(30)11-20(29)21(31)10-7-17-5-8-18(9-6-17)23-15(3)26-13-34-23;1-14(2)22(24-27-16(4)33-28-24)25(32)29-12-19(30)11-20(29)21(31)10-7-17-5-8-18(9-6-17)23-15(3)26-13-34-23;1-14(2)22(24-28-27-16(4)34-24)25(32)29-12-19(30)11-20(29)21(31)10-7-17-5-8-18(9-6-17)23-15(3)26-13-33-23/h5-6,8-9,11,14-15,20-21,24,30H,7,10,12-13H2,1-4H3;3*5-6,8-9,13-14,19-20,22,30H,7,10-12H2,1-4H3/t20-,21+,24-;3*19-,20+,22-/m1111/s1. The molecule has 4 aliphatic rings. The molecule has 0 aliphatic carbocycles. The zero-order valence-electron chi connectivity index (χ0n) is 79.7. The van der Waals surface area contributed by atoms with Crippen molar-refractivity contribution in [3.63, 3.8) is 0 Å². The Hall–Kier alpha value is -10.7. The molecule has 29 nitrogen and oxygen atoms in total. The van der Waals surface area contributed by atoms with Gasteiger partial charge in [-0.3, -0.25) is 38.4 Å². The van der Waals surface area contributed by atoms with Crippen LogP contribution in [0.2, 0.25) is 0 Å². The van der Waals surface area contributed by atoms with E-state index in [4.69, 9.17) is 8.94 Å². The highest BCUT2D eigenvalue weighted by Crippen LogP contribution is 2.40. The molecule has 720 valence electrons. The minimum Gasteiger partial charge on any atom is -0.425 e. The summed E-state index contributed by atoms with van der Waals surface area (Å²) in [6, 6.07) is 32.3. The van der Waals surface area contributed by atoms with E-state index in [-0.39, 0.29) is 128 Å². The van der Waals surface area contributed by atoms with E-state index in [1.807, 2.05) is 161 Å².